The highest BCUT2D eigenvalue weighted by Crippen LogP contribution is 2.26. The summed E-state index contributed by atoms with van der Waals surface area (Å²) in [7, 11) is 0. The molecule has 7 heteroatoms. The molecule has 0 unspecified atom stereocenters. The number of benzene rings is 2. The molecule has 0 aliphatic carbocycles. The molecular formula is C23H23N3O4. The lowest BCUT2D eigenvalue weighted by Gasteiger charge is -2.08. The van der Waals surface area contributed by atoms with Crippen LogP contribution in [0.3, 0.4) is 0 Å². The van der Waals surface area contributed by atoms with Crippen LogP contribution in [0.4, 0.5) is 0 Å². The van der Waals surface area contributed by atoms with E-state index in [2.05, 4.69) is 10.5 Å². The standard InChI is InChI=1S/C23H23N3O4/c1-3-30-21-13-17(9-10-20(21)27)14-24-25-22(28)19-8-5-11-26(23(19)29)15-18-7-4-6-16(2)12-18/h4-14,27H,3,15H2,1-2H3,(H,25,28)/b24-14-. The third-order valence-corrected chi connectivity index (χ3v) is 4.36. The molecule has 154 valence electrons. The third kappa shape index (κ3) is 5.14. The maximum atomic E-state index is 12.7. The molecule has 1 amide bonds. The largest absolute Gasteiger partial charge is 0.504 e. The molecule has 0 spiro atoms. The van der Waals surface area contributed by atoms with Crippen molar-refractivity contribution in [2.75, 3.05) is 6.61 Å². The number of carbonyl (C=O) groups is 1. The number of nitrogens with zero attached hydrogens (tertiary/aromatic N) is 2. The highest BCUT2D eigenvalue weighted by molar-refractivity contribution is 5.94. The lowest BCUT2D eigenvalue weighted by molar-refractivity contribution is 0.0953. The number of aromatic hydroxyl groups is 1. The number of phenolic OH excluding ortho intramolecular Hbond substituents is 1. The van der Waals surface area contributed by atoms with Gasteiger partial charge in [-0.05, 0) is 55.3 Å². The first kappa shape index (κ1) is 20.9. The van der Waals surface area contributed by atoms with Crippen molar-refractivity contribution in [1.82, 2.24) is 9.99 Å². The van der Waals surface area contributed by atoms with E-state index >= 15 is 0 Å². The van der Waals surface area contributed by atoms with Crippen LogP contribution in [0.25, 0.3) is 0 Å². The number of phenols is 1. The van der Waals surface area contributed by atoms with Crippen LogP contribution in [-0.4, -0.2) is 28.4 Å². The van der Waals surface area contributed by atoms with Crippen molar-refractivity contribution in [2.45, 2.75) is 20.4 Å². The predicted molar refractivity (Wildman–Crippen MR) is 115 cm³/mol. The number of carbonyl (C=O) groups excluding carboxylic acids is 1. The number of hydrogen-bond acceptors (Lipinski definition) is 5. The number of nitrogens with one attached hydrogen (secondary N) is 1. The number of hydrogen-bond donors (Lipinski definition) is 2. The molecule has 0 atom stereocenters. The Balaban J connectivity index is 1.72. The number of aromatic nitrogens is 1. The lowest BCUT2D eigenvalue weighted by Crippen LogP contribution is -2.30. The van der Waals surface area contributed by atoms with Crippen LogP contribution in [-0.2, 0) is 6.54 Å². The zero-order valence-electron chi connectivity index (χ0n) is 16.8. The molecule has 1 heterocycles. The summed E-state index contributed by atoms with van der Waals surface area (Å²) < 4.78 is 6.80. The zero-order valence-corrected chi connectivity index (χ0v) is 16.8. The Hall–Kier alpha value is -3.87. The maximum Gasteiger partial charge on any atom is 0.276 e. The molecule has 0 bridgehead atoms. The molecule has 2 aromatic carbocycles. The van der Waals surface area contributed by atoms with Gasteiger partial charge in [0.05, 0.1) is 19.4 Å². The van der Waals surface area contributed by atoms with E-state index in [-0.39, 0.29) is 11.3 Å². The first-order chi connectivity index (χ1) is 14.5. The van der Waals surface area contributed by atoms with E-state index in [1.165, 1.54) is 22.9 Å². The Morgan fingerprint density at radius 2 is 2.03 bits per heavy atom. The van der Waals surface area contributed by atoms with Crippen LogP contribution in [0.2, 0.25) is 0 Å². The van der Waals surface area contributed by atoms with Crippen LogP contribution in [0.15, 0.2) is 70.7 Å². The highest BCUT2D eigenvalue weighted by Gasteiger charge is 2.12. The van der Waals surface area contributed by atoms with E-state index in [1.807, 2.05) is 38.1 Å². The summed E-state index contributed by atoms with van der Waals surface area (Å²) in [5.41, 5.74) is 4.68. The van der Waals surface area contributed by atoms with E-state index < -0.39 is 11.5 Å². The Morgan fingerprint density at radius 3 is 2.80 bits per heavy atom. The summed E-state index contributed by atoms with van der Waals surface area (Å²) in [5.74, 6) is -0.245. The molecule has 0 aliphatic heterocycles. The van der Waals surface area contributed by atoms with Gasteiger partial charge in [0.25, 0.3) is 11.5 Å². The Labute approximate surface area is 174 Å². The fourth-order valence-electron chi connectivity index (χ4n) is 2.95. The SMILES string of the molecule is CCOc1cc(/C=N\NC(=O)c2cccn(Cc3cccc(C)c3)c2=O)ccc1O. The van der Waals surface area contributed by atoms with Gasteiger partial charge in [0.2, 0.25) is 0 Å². The molecule has 0 fully saturated rings. The van der Waals surface area contributed by atoms with Gasteiger partial charge in [-0.25, -0.2) is 5.43 Å². The summed E-state index contributed by atoms with van der Waals surface area (Å²) in [6.45, 7) is 4.58. The molecule has 0 saturated carbocycles. The van der Waals surface area contributed by atoms with Crippen LogP contribution >= 0.6 is 0 Å². The summed E-state index contributed by atoms with van der Waals surface area (Å²) in [6, 6.07) is 15.7. The average molecular weight is 405 g/mol. The normalized spacial score (nSPS) is 10.9. The van der Waals surface area contributed by atoms with E-state index in [4.69, 9.17) is 4.74 Å². The summed E-state index contributed by atoms with van der Waals surface area (Å²) in [5, 5.41) is 13.6. The molecule has 30 heavy (non-hydrogen) atoms. The first-order valence-electron chi connectivity index (χ1n) is 9.52. The quantitative estimate of drug-likeness (QED) is 0.467. The van der Waals surface area contributed by atoms with Gasteiger partial charge in [0, 0.05) is 6.20 Å². The van der Waals surface area contributed by atoms with Crippen molar-refractivity contribution in [3.05, 3.63) is 93.4 Å². The fraction of sp³-hybridized carbons (Fsp3) is 0.174. The minimum atomic E-state index is -0.598. The zero-order chi connectivity index (χ0) is 21.5. The molecule has 1 aromatic heterocycles. The molecule has 7 nitrogen and oxygen atoms in total. The molecule has 0 radical (unpaired) electrons. The van der Waals surface area contributed by atoms with Crippen LogP contribution in [0.1, 0.15) is 34.0 Å². The van der Waals surface area contributed by atoms with Crippen molar-refractivity contribution < 1.29 is 14.6 Å². The van der Waals surface area contributed by atoms with Gasteiger partial charge >= 0.3 is 0 Å². The number of hydrazone groups is 1. The predicted octanol–water partition coefficient (Wildman–Crippen LogP) is 3.07. The van der Waals surface area contributed by atoms with Gasteiger partial charge in [0.1, 0.15) is 5.56 Å². The van der Waals surface area contributed by atoms with Gasteiger partial charge in [0.15, 0.2) is 11.5 Å². The van der Waals surface area contributed by atoms with Crippen molar-refractivity contribution in [2.24, 2.45) is 5.10 Å². The third-order valence-electron chi connectivity index (χ3n) is 4.36. The summed E-state index contributed by atoms with van der Waals surface area (Å²) in [6.07, 6.45) is 3.06. The van der Waals surface area contributed by atoms with Gasteiger partial charge in [-0.3, -0.25) is 9.59 Å². The average Bonchev–Trinajstić information content (AvgIpc) is 2.72. The number of pyridine rings is 1. The Kier molecular flexibility index (Phi) is 6.64. The Morgan fingerprint density at radius 1 is 1.20 bits per heavy atom. The van der Waals surface area contributed by atoms with Crippen LogP contribution in [0.5, 0.6) is 11.5 Å². The summed E-state index contributed by atoms with van der Waals surface area (Å²) in [4.78, 5) is 25.1. The second-order valence-electron chi connectivity index (χ2n) is 6.70. The van der Waals surface area contributed by atoms with E-state index in [1.54, 1.807) is 24.4 Å². The number of amides is 1. The molecule has 2 N–H and O–H groups in total. The Bertz CT molecular complexity index is 1140. The minimum Gasteiger partial charge on any atom is -0.504 e. The van der Waals surface area contributed by atoms with Crippen molar-refractivity contribution in [1.29, 1.82) is 0 Å². The highest BCUT2D eigenvalue weighted by atomic mass is 16.5. The first-order valence-corrected chi connectivity index (χ1v) is 9.52. The minimum absolute atomic E-state index is 0.00279. The fourth-order valence-corrected chi connectivity index (χ4v) is 2.95. The molecule has 0 aliphatic rings. The van der Waals surface area contributed by atoms with Gasteiger partial charge in [-0.1, -0.05) is 29.8 Å². The molecule has 3 aromatic rings. The molecular weight excluding hydrogens is 382 g/mol. The summed E-state index contributed by atoms with van der Waals surface area (Å²) >= 11 is 0. The van der Waals surface area contributed by atoms with Crippen molar-refractivity contribution in [3.8, 4) is 11.5 Å². The van der Waals surface area contributed by atoms with Crippen molar-refractivity contribution in [3.63, 3.8) is 0 Å². The van der Waals surface area contributed by atoms with E-state index in [0.717, 1.165) is 11.1 Å². The van der Waals surface area contributed by atoms with Gasteiger partial charge in [-0.15, -0.1) is 0 Å². The van der Waals surface area contributed by atoms with Crippen LogP contribution in [0, 0.1) is 6.92 Å². The topological polar surface area (TPSA) is 92.9 Å². The number of ether oxygens (including phenoxy) is 1. The smallest absolute Gasteiger partial charge is 0.276 e. The van der Waals surface area contributed by atoms with Crippen molar-refractivity contribution >= 4 is 12.1 Å². The molecule has 3 rings (SSSR count). The monoisotopic (exact) mass is 405 g/mol. The van der Waals surface area contributed by atoms with E-state index in [9.17, 15) is 14.7 Å². The number of aryl methyl sites for hydroxylation is 1. The van der Waals surface area contributed by atoms with Gasteiger partial charge in [-0.2, -0.15) is 5.10 Å². The van der Waals surface area contributed by atoms with Crippen LogP contribution < -0.4 is 15.7 Å². The lowest BCUT2D eigenvalue weighted by atomic mass is 10.1. The molecule has 0 saturated heterocycles. The second-order valence-corrected chi connectivity index (χ2v) is 6.70. The maximum absolute atomic E-state index is 12.7. The van der Waals surface area contributed by atoms with Gasteiger partial charge < -0.3 is 14.4 Å². The number of rotatable bonds is 7. The van der Waals surface area contributed by atoms with E-state index in [0.29, 0.717) is 24.5 Å². The second kappa shape index (κ2) is 9.56.